The summed E-state index contributed by atoms with van der Waals surface area (Å²) in [7, 11) is 0. The third-order valence-corrected chi connectivity index (χ3v) is 4.87. The van der Waals surface area contributed by atoms with Gasteiger partial charge in [0.1, 0.15) is 0 Å². The zero-order valence-electron chi connectivity index (χ0n) is 14.6. The molecule has 0 radical (unpaired) electrons. The van der Waals surface area contributed by atoms with E-state index in [-0.39, 0.29) is 17.9 Å². The Labute approximate surface area is 153 Å². The summed E-state index contributed by atoms with van der Waals surface area (Å²) in [5, 5.41) is 6.58. The summed E-state index contributed by atoms with van der Waals surface area (Å²) in [6.07, 6.45) is 0.494. The molecular formula is C21H24N2O3. The molecule has 0 spiro atoms. The van der Waals surface area contributed by atoms with Crippen LogP contribution in [0.3, 0.4) is 0 Å². The molecule has 0 aromatic heterocycles. The van der Waals surface area contributed by atoms with Crippen molar-refractivity contribution >= 4 is 5.78 Å². The summed E-state index contributed by atoms with van der Waals surface area (Å²) in [5.74, 6) is -0.0730. The fraction of sp³-hybridized carbons (Fsp3) is 0.381. The Morgan fingerprint density at radius 2 is 1.19 bits per heavy atom. The average Bonchev–Trinajstić information content (AvgIpc) is 3.33. The van der Waals surface area contributed by atoms with Crippen molar-refractivity contribution in [2.75, 3.05) is 13.2 Å². The molecule has 4 atom stereocenters. The molecule has 136 valence electrons. The van der Waals surface area contributed by atoms with E-state index in [1.54, 1.807) is 0 Å². The summed E-state index contributed by atoms with van der Waals surface area (Å²) in [4.78, 5) is 12.7. The normalized spacial score (nSPS) is 28.3. The van der Waals surface area contributed by atoms with E-state index in [0.717, 1.165) is 12.8 Å². The average molecular weight is 352 g/mol. The quantitative estimate of drug-likeness (QED) is 0.828. The van der Waals surface area contributed by atoms with Crippen molar-refractivity contribution in [3.8, 4) is 0 Å². The van der Waals surface area contributed by atoms with Gasteiger partial charge in [-0.2, -0.15) is 0 Å². The second-order valence-electron chi connectivity index (χ2n) is 6.94. The van der Waals surface area contributed by atoms with Gasteiger partial charge in [-0.3, -0.25) is 15.4 Å². The van der Waals surface area contributed by atoms with Crippen molar-refractivity contribution in [2.45, 2.75) is 37.4 Å². The van der Waals surface area contributed by atoms with Gasteiger partial charge in [0.05, 0.1) is 13.2 Å². The van der Waals surface area contributed by atoms with Crippen molar-refractivity contribution in [3.05, 3.63) is 71.8 Å². The fourth-order valence-corrected chi connectivity index (χ4v) is 3.54. The van der Waals surface area contributed by atoms with Gasteiger partial charge in [0.2, 0.25) is 5.78 Å². The van der Waals surface area contributed by atoms with Crippen LogP contribution in [0, 0.1) is 0 Å². The van der Waals surface area contributed by atoms with Crippen molar-refractivity contribution in [1.82, 2.24) is 10.6 Å². The fourth-order valence-electron chi connectivity index (χ4n) is 3.54. The minimum atomic E-state index is -0.600. The molecule has 26 heavy (non-hydrogen) atoms. The molecule has 4 rings (SSSR count). The van der Waals surface area contributed by atoms with E-state index in [0.29, 0.717) is 13.2 Å². The van der Waals surface area contributed by atoms with Gasteiger partial charge in [-0.1, -0.05) is 60.7 Å². The van der Waals surface area contributed by atoms with E-state index in [1.165, 1.54) is 11.1 Å². The zero-order chi connectivity index (χ0) is 17.8. The lowest BCUT2D eigenvalue weighted by Gasteiger charge is -2.16. The summed E-state index contributed by atoms with van der Waals surface area (Å²) in [5.41, 5.74) is 2.47. The number of ketones is 1. The highest BCUT2D eigenvalue weighted by Gasteiger charge is 2.38. The van der Waals surface area contributed by atoms with E-state index < -0.39 is 12.5 Å². The van der Waals surface area contributed by atoms with E-state index in [4.69, 9.17) is 9.47 Å². The van der Waals surface area contributed by atoms with Crippen LogP contribution in [-0.2, 0) is 27.1 Å². The lowest BCUT2D eigenvalue weighted by atomic mass is 10.1. The zero-order valence-corrected chi connectivity index (χ0v) is 14.6. The molecule has 2 aliphatic rings. The van der Waals surface area contributed by atoms with E-state index in [1.807, 2.05) is 36.4 Å². The highest BCUT2D eigenvalue weighted by molar-refractivity contribution is 5.87. The van der Waals surface area contributed by atoms with Crippen LogP contribution in [0.5, 0.6) is 0 Å². The Balaban J connectivity index is 1.27. The predicted molar refractivity (Wildman–Crippen MR) is 98.6 cm³/mol. The Hall–Kier alpha value is -2.05. The van der Waals surface area contributed by atoms with Crippen LogP contribution >= 0.6 is 0 Å². The Morgan fingerprint density at radius 1 is 0.769 bits per heavy atom. The van der Waals surface area contributed by atoms with Crippen molar-refractivity contribution in [1.29, 1.82) is 0 Å². The Bertz CT molecular complexity index is 661. The summed E-state index contributed by atoms with van der Waals surface area (Å²) >= 11 is 0. The first kappa shape index (κ1) is 17.4. The molecule has 2 heterocycles. The van der Waals surface area contributed by atoms with E-state index >= 15 is 0 Å². The molecule has 2 N–H and O–H groups in total. The first-order valence-corrected chi connectivity index (χ1v) is 9.15. The Kier molecular flexibility index (Phi) is 5.41. The maximum atomic E-state index is 12.7. The maximum absolute atomic E-state index is 12.7. The highest BCUT2D eigenvalue weighted by atomic mass is 16.5. The SMILES string of the molecule is O=C(C1N[C@@H](Cc2ccccc2)CO1)C1N[C@@H](Cc2ccccc2)CO1. The largest absolute Gasteiger partial charge is 0.354 e. The first-order chi connectivity index (χ1) is 12.8. The van der Waals surface area contributed by atoms with Gasteiger partial charge >= 0.3 is 0 Å². The van der Waals surface area contributed by atoms with Crippen molar-refractivity contribution < 1.29 is 14.3 Å². The number of Topliss-reactive ketones (excluding diaryl/α,β-unsaturated/α-hetero) is 1. The number of rotatable bonds is 6. The number of hydrogen-bond acceptors (Lipinski definition) is 5. The molecule has 2 fully saturated rings. The van der Waals surface area contributed by atoms with Gasteiger partial charge < -0.3 is 9.47 Å². The standard InChI is InChI=1S/C21H24N2O3/c24-19(20-22-17(13-25-20)11-15-7-3-1-4-8-15)21-23-18(14-26-21)12-16-9-5-2-6-10-16/h1-10,17-18,20-23H,11-14H2/t17-,18-,20?,21?/m0/s1. The topological polar surface area (TPSA) is 59.6 Å². The van der Waals surface area contributed by atoms with Crippen LogP contribution in [0.15, 0.2) is 60.7 Å². The van der Waals surface area contributed by atoms with Crippen LogP contribution < -0.4 is 10.6 Å². The van der Waals surface area contributed by atoms with Gasteiger partial charge in [-0.15, -0.1) is 0 Å². The molecule has 2 aromatic carbocycles. The van der Waals surface area contributed by atoms with E-state index in [2.05, 4.69) is 34.9 Å². The predicted octanol–water partition coefficient (Wildman–Crippen LogP) is 1.67. The molecule has 0 saturated carbocycles. The Morgan fingerprint density at radius 3 is 1.62 bits per heavy atom. The molecule has 0 amide bonds. The molecule has 2 unspecified atom stereocenters. The summed E-state index contributed by atoms with van der Waals surface area (Å²) in [6, 6.07) is 20.8. The van der Waals surface area contributed by atoms with Gasteiger partial charge in [0.25, 0.3) is 0 Å². The maximum Gasteiger partial charge on any atom is 0.219 e. The molecular weight excluding hydrogens is 328 g/mol. The lowest BCUT2D eigenvalue weighted by molar-refractivity contribution is -0.139. The van der Waals surface area contributed by atoms with Crippen LogP contribution in [-0.4, -0.2) is 43.5 Å². The van der Waals surface area contributed by atoms with Crippen LogP contribution in [0.2, 0.25) is 0 Å². The number of ether oxygens (including phenoxy) is 2. The van der Waals surface area contributed by atoms with Gasteiger partial charge in [-0.25, -0.2) is 0 Å². The molecule has 2 aliphatic heterocycles. The van der Waals surface area contributed by atoms with Gasteiger partial charge in [0.15, 0.2) is 12.5 Å². The lowest BCUT2D eigenvalue weighted by Crippen LogP contribution is -2.47. The van der Waals surface area contributed by atoms with Crippen molar-refractivity contribution in [2.24, 2.45) is 0 Å². The molecule has 2 saturated heterocycles. The molecule has 2 aromatic rings. The molecule has 0 aliphatic carbocycles. The first-order valence-electron chi connectivity index (χ1n) is 9.15. The second kappa shape index (κ2) is 8.10. The number of nitrogens with one attached hydrogen (secondary N) is 2. The number of carbonyl (C=O) groups is 1. The van der Waals surface area contributed by atoms with Crippen LogP contribution in [0.25, 0.3) is 0 Å². The van der Waals surface area contributed by atoms with Crippen LogP contribution in [0.1, 0.15) is 11.1 Å². The highest BCUT2D eigenvalue weighted by Crippen LogP contribution is 2.15. The third-order valence-electron chi connectivity index (χ3n) is 4.87. The molecule has 5 heteroatoms. The monoisotopic (exact) mass is 352 g/mol. The third kappa shape index (κ3) is 4.19. The minimum Gasteiger partial charge on any atom is -0.354 e. The number of carbonyl (C=O) groups excluding carboxylic acids is 1. The van der Waals surface area contributed by atoms with Crippen molar-refractivity contribution in [3.63, 3.8) is 0 Å². The summed E-state index contributed by atoms with van der Waals surface area (Å²) in [6.45, 7) is 1.07. The molecule has 0 bridgehead atoms. The van der Waals surface area contributed by atoms with Crippen LogP contribution in [0.4, 0.5) is 0 Å². The van der Waals surface area contributed by atoms with E-state index in [9.17, 15) is 4.79 Å². The molecule has 5 nitrogen and oxygen atoms in total. The summed E-state index contributed by atoms with van der Waals surface area (Å²) < 4.78 is 11.4. The smallest absolute Gasteiger partial charge is 0.219 e. The minimum absolute atomic E-state index is 0.0730. The number of hydrogen-bond donors (Lipinski definition) is 2. The number of benzene rings is 2. The van der Waals surface area contributed by atoms with Gasteiger partial charge in [-0.05, 0) is 24.0 Å². The van der Waals surface area contributed by atoms with Gasteiger partial charge in [0, 0.05) is 12.1 Å². The second-order valence-corrected chi connectivity index (χ2v) is 6.94.